The van der Waals surface area contributed by atoms with Gasteiger partial charge in [-0.25, -0.2) is 4.39 Å². The molecule has 0 fully saturated rings. The molecule has 18 heavy (non-hydrogen) atoms. The lowest BCUT2D eigenvalue weighted by Crippen LogP contribution is -2.31. The first kappa shape index (κ1) is 12.6. The second-order valence-electron chi connectivity index (χ2n) is 4.45. The first-order chi connectivity index (χ1) is 8.58. The number of carbonyl (C=O) groups excluding carboxylic acids is 1. The number of hydrogen-bond acceptors (Lipinski definition) is 2. The van der Waals surface area contributed by atoms with Gasteiger partial charge in [0, 0.05) is 30.2 Å². The van der Waals surface area contributed by atoms with Crippen LogP contribution in [0.4, 0.5) is 4.39 Å². The predicted molar refractivity (Wildman–Crippen MR) is 69.1 cm³/mol. The Hall–Kier alpha value is -1.88. The summed E-state index contributed by atoms with van der Waals surface area (Å²) in [5.74, 6) is -0.460. The van der Waals surface area contributed by atoms with Crippen LogP contribution in [0.2, 0.25) is 0 Å². The first-order valence-electron chi connectivity index (χ1n) is 5.77. The minimum Gasteiger partial charge on any atom is -0.360 e. The number of rotatable bonds is 4. The zero-order chi connectivity index (χ0) is 13.1. The van der Waals surface area contributed by atoms with Crippen LogP contribution in [0.15, 0.2) is 24.4 Å². The number of fused-ring (bicyclic) bond motifs is 1. The van der Waals surface area contributed by atoms with E-state index in [9.17, 15) is 9.18 Å². The van der Waals surface area contributed by atoms with Gasteiger partial charge in [0.1, 0.15) is 5.82 Å². The average Bonchev–Trinajstić information content (AvgIpc) is 2.71. The van der Waals surface area contributed by atoms with Crippen molar-refractivity contribution in [2.24, 2.45) is 0 Å². The van der Waals surface area contributed by atoms with Crippen molar-refractivity contribution in [2.45, 2.75) is 0 Å². The maximum absolute atomic E-state index is 13.0. The Morgan fingerprint density at radius 3 is 2.94 bits per heavy atom. The summed E-state index contributed by atoms with van der Waals surface area (Å²) >= 11 is 0. The van der Waals surface area contributed by atoms with Crippen LogP contribution in [-0.4, -0.2) is 43.0 Å². The van der Waals surface area contributed by atoms with Gasteiger partial charge in [-0.3, -0.25) is 4.79 Å². The summed E-state index contributed by atoms with van der Waals surface area (Å²) in [5, 5.41) is 3.56. The molecule has 2 N–H and O–H groups in total. The number of aromatic nitrogens is 1. The number of carbonyl (C=O) groups is 1. The highest BCUT2D eigenvalue weighted by molar-refractivity contribution is 6.06. The normalized spacial score (nSPS) is 11.1. The molecule has 0 spiro atoms. The fourth-order valence-electron chi connectivity index (χ4n) is 1.77. The van der Waals surface area contributed by atoms with E-state index in [4.69, 9.17) is 0 Å². The number of likely N-dealkylation sites (N-methyl/N-ethyl adjacent to an activating group) is 1. The molecule has 4 nitrogen and oxygen atoms in total. The molecule has 1 heterocycles. The third-order valence-corrected chi connectivity index (χ3v) is 2.73. The maximum Gasteiger partial charge on any atom is 0.253 e. The number of H-pyrrole nitrogens is 1. The molecule has 5 heteroatoms. The molecule has 2 aromatic rings. The van der Waals surface area contributed by atoms with Gasteiger partial charge in [0.05, 0.1) is 5.56 Å². The number of nitrogens with zero attached hydrogens (tertiary/aromatic N) is 1. The van der Waals surface area contributed by atoms with Crippen LogP contribution in [0.3, 0.4) is 0 Å². The summed E-state index contributed by atoms with van der Waals surface area (Å²) in [4.78, 5) is 16.8. The van der Waals surface area contributed by atoms with Crippen molar-refractivity contribution in [1.82, 2.24) is 15.2 Å². The Labute approximate surface area is 105 Å². The lowest BCUT2D eigenvalue weighted by Gasteiger charge is -2.09. The molecule has 0 radical (unpaired) electrons. The zero-order valence-corrected chi connectivity index (χ0v) is 10.5. The third-order valence-electron chi connectivity index (χ3n) is 2.73. The van der Waals surface area contributed by atoms with Gasteiger partial charge in [-0.2, -0.15) is 0 Å². The summed E-state index contributed by atoms with van der Waals surface area (Å²) in [6.45, 7) is 1.36. The molecule has 0 aliphatic rings. The average molecular weight is 249 g/mol. The molecule has 0 unspecified atom stereocenters. The van der Waals surface area contributed by atoms with Crippen molar-refractivity contribution in [3.8, 4) is 0 Å². The molecule has 0 atom stereocenters. The summed E-state index contributed by atoms with van der Waals surface area (Å²) < 4.78 is 13.0. The van der Waals surface area contributed by atoms with Crippen molar-refractivity contribution in [3.05, 3.63) is 35.8 Å². The second kappa shape index (κ2) is 5.18. The molecular formula is C13H16FN3O. The summed E-state index contributed by atoms with van der Waals surface area (Å²) in [5.41, 5.74) is 1.18. The number of aromatic amines is 1. The van der Waals surface area contributed by atoms with Crippen molar-refractivity contribution in [2.75, 3.05) is 27.2 Å². The minimum absolute atomic E-state index is 0.144. The van der Waals surface area contributed by atoms with E-state index in [0.717, 1.165) is 11.9 Å². The van der Waals surface area contributed by atoms with E-state index in [1.165, 1.54) is 12.1 Å². The monoisotopic (exact) mass is 249 g/mol. The van der Waals surface area contributed by atoms with Gasteiger partial charge in [0.25, 0.3) is 5.91 Å². The molecular weight excluding hydrogens is 233 g/mol. The number of halogens is 1. The predicted octanol–water partition coefficient (Wildman–Crippen LogP) is 1.60. The van der Waals surface area contributed by atoms with E-state index >= 15 is 0 Å². The molecule has 2 rings (SSSR count). The van der Waals surface area contributed by atoms with Crippen LogP contribution < -0.4 is 5.32 Å². The number of hydrogen-bond donors (Lipinski definition) is 2. The van der Waals surface area contributed by atoms with Crippen molar-refractivity contribution in [3.63, 3.8) is 0 Å². The quantitative estimate of drug-likeness (QED) is 0.864. The highest BCUT2D eigenvalue weighted by atomic mass is 19.1. The standard InChI is InChI=1S/C13H16FN3O/c1-17(2)6-5-15-13(18)11-8-16-12-7-9(14)3-4-10(11)12/h3-4,7-8,16H,5-6H2,1-2H3,(H,15,18). The smallest absolute Gasteiger partial charge is 0.253 e. The van der Waals surface area contributed by atoms with Crippen LogP contribution in [0.1, 0.15) is 10.4 Å². The third kappa shape index (κ3) is 2.68. The van der Waals surface area contributed by atoms with Crippen LogP contribution in [0.5, 0.6) is 0 Å². The molecule has 0 aliphatic heterocycles. The number of benzene rings is 1. The fraction of sp³-hybridized carbons (Fsp3) is 0.308. The lowest BCUT2D eigenvalue weighted by atomic mass is 10.1. The van der Waals surface area contributed by atoms with Crippen LogP contribution >= 0.6 is 0 Å². The van der Waals surface area contributed by atoms with Crippen LogP contribution in [-0.2, 0) is 0 Å². The SMILES string of the molecule is CN(C)CCNC(=O)c1c[nH]c2cc(F)ccc12. The Morgan fingerprint density at radius 2 is 2.22 bits per heavy atom. The van der Waals surface area contributed by atoms with Gasteiger partial charge in [-0.05, 0) is 32.3 Å². The molecule has 0 bridgehead atoms. The Kier molecular flexibility index (Phi) is 3.62. The fourth-order valence-corrected chi connectivity index (χ4v) is 1.77. The Morgan fingerprint density at radius 1 is 1.44 bits per heavy atom. The van der Waals surface area contributed by atoms with Gasteiger partial charge in [-0.15, -0.1) is 0 Å². The topological polar surface area (TPSA) is 48.1 Å². The summed E-state index contributed by atoms with van der Waals surface area (Å²) in [6, 6.07) is 4.35. The summed E-state index contributed by atoms with van der Waals surface area (Å²) in [7, 11) is 3.89. The van der Waals surface area contributed by atoms with E-state index in [1.54, 1.807) is 12.3 Å². The van der Waals surface area contributed by atoms with Crippen LogP contribution in [0.25, 0.3) is 10.9 Å². The molecule has 0 saturated carbocycles. The minimum atomic E-state index is -0.316. The molecule has 0 aliphatic carbocycles. The molecule has 1 aromatic heterocycles. The largest absolute Gasteiger partial charge is 0.360 e. The number of amides is 1. The zero-order valence-electron chi connectivity index (χ0n) is 10.5. The lowest BCUT2D eigenvalue weighted by molar-refractivity contribution is 0.0952. The second-order valence-corrected chi connectivity index (χ2v) is 4.45. The van der Waals surface area contributed by atoms with E-state index in [0.29, 0.717) is 17.6 Å². The Bertz CT molecular complexity index is 562. The highest BCUT2D eigenvalue weighted by Crippen LogP contribution is 2.18. The van der Waals surface area contributed by atoms with E-state index in [1.807, 2.05) is 19.0 Å². The van der Waals surface area contributed by atoms with Crippen molar-refractivity contribution in [1.29, 1.82) is 0 Å². The van der Waals surface area contributed by atoms with E-state index in [2.05, 4.69) is 10.3 Å². The first-order valence-corrected chi connectivity index (χ1v) is 5.77. The van der Waals surface area contributed by atoms with Gasteiger partial charge in [0.2, 0.25) is 0 Å². The highest BCUT2D eigenvalue weighted by Gasteiger charge is 2.11. The van der Waals surface area contributed by atoms with Gasteiger partial charge >= 0.3 is 0 Å². The Balaban J connectivity index is 2.13. The molecule has 96 valence electrons. The maximum atomic E-state index is 13.0. The van der Waals surface area contributed by atoms with Crippen molar-refractivity contribution >= 4 is 16.8 Å². The number of nitrogens with one attached hydrogen (secondary N) is 2. The van der Waals surface area contributed by atoms with Crippen LogP contribution in [0, 0.1) is 5.82 Å². The van der Waals surface area contributed by atoms with E-state index in [-0.39, 0.29) is 11.7 Å². The molecule has 1 amide bonds. The van der Waals surface area contributed by atoms with Crippen molar-refractivity contribution < 1.29 is 9.18 Å². The summed E-state index contributed by atoms with van der Waals surface area (Å²) in [6.07, 6.45) is 1.61. The molecule has 0 saturated heterocycles. The van der Waals surface area contributed by atoms with Gasteiger partial charge in [0.15, 0.2) is 0 Å². The van der Waals surface area contributed by atoms with Gasteiger partial charge in [-0.1, -0.05) is 0 Å². The van der Waals surface area contributed by atoms with Gasteiger partial charge < -0.3 is 15.2 Å². The molecule has 1 aromatic carbocycles. The van der Waals surface area contributed by atoms with E-state index < -0.39 is 0 Å².